The third-order valence-electron chi connectivity index (χ3n) is 11.3. The average molecular weight is 752 g/mol. The van der Waals surface area contributed by atoms with Crippen LogP contribution in [0.25, 0.3) is 0 Å². The van der Waals surface area contributed by atoms with E-state index in [1.54, 1.807) is 0 Å². The number of ether oxygens (including phenoxy) is 3. The molecule has 0 spiro atoms. The van der Waals surface area contributed by atoms with Crippen molar-refractivity contribution >= 4 is 11.9 Å². The summed E-state index contributed by atoms with van der Waals surface area (Å²) >= 11 is 0. The SMILES string of the molecule is CCCCCC(CCCCC)CCOC(=O)CCCCCCCC(CCCCCCCC(=O)OCCC(CCCCC)CCCCC)COCCCN. The highest BCUT2D eigenvalue weighted by molar-refractivity contribution is 5.69. The summed E-state index contributed by atoms with van der Waals surface area (Å²) < 4.78 is 17.3. The number of rotatable bonds is 43. The molecule has 0 saturated carbocycles. The quantitative estimate of drug-likeness (QED) is 0.0493. The fourth-order valence-electron chi connectivity index (χ4n) is 7.63. The first-order valence-corrected chi connectivity index (χ1v) is 23.6. The van der Waals surface area contributed by atoms with Crippen molar-refractivity contribution in [2.24, 2.45) is 23.5 Å². The van der Waals surface area contributed by atoms with E-state index in [2.05, 4.69) is 27.7 Å². The van der Waals surface area contributed by atoms with Gasteiger partial charge in [0.25, 0.3) is 0 Å². The van der Waals surface area contributed by atoms with Gasteiger partial charge in [0.05, 0.1) is 13.2 Å². The van der Waals surface area contributed by atoms with Gasteiger partial charge in [0.2, 0.25) is 0 Å². The Morgan fingerprint density at radius 3 is 1.11 bits per heavy atom. The second-order valence-electron chi connectivity index (χ2n) is 16.4. The van der Waals surface area contributed by atoms with Crippen molar-refractivity contribution in [1.82, 2.24) is 0 Å². The molecule has 0 aliphatic carbocycles. The fraction of sp³-hybridized carbons (Fsp3) is 0.957. The molecule has 0 saturated heterocycles. The summed E-state index contributed by atoms with van der Waals surface area (Å²) in [5.74, 6) is 2.03. The molecule has 0 unspecified atom stereocenters. The lowest BCUT2D eigenvalue weighted by atomic mass is 9.92. The summed E-state index contributed by atoms with van der Waals surface area (Å²) in [7, 11) is 0. The van der Waals surface area contributed by atoms with Gasteiger partial charge in [-0.25, -0.2) is 0 Å². The Labute approximate surface area is 331 Å². The normalized spacial score (nSPS) is 11.7. The molecular formula is C47H93NO5. The maximum Gasteiger partial charge on any atom is 0.305 e. The number of hydrogen-bond donors (Lipinski definition) is 1. The summed E-state index contributed by atoms with van der Waals surface area (Å²) in [5, 5.41) is 0. The van der Waals surface area contributed by atoms with Crippen LogP contribution in [0.5, 0.6) is 0 Å². The van der Waals surface area contributed by atoms with Crippen molar-refractivity contribution in [3.05, 3.63) is 0 Å². The third-order valence-corrected chi connectivity index (χ3v) is 11.3. The van der Waals surface area contributed by atoms with Crippen LogP contribution in [0.1, 0.15) is 240 Å². The van der Waals surface area contributed by atoms with Crippen LogP contribution < -0.4 is 5.73 Å². The monoisotopic (exact) mass is 752 g/mol. The highest BCUT2D eigenvalue weighted by atomic mass is 16.5. The Hall–Kier alpha value is -1.14. The molecule has 0 radical (unpaired) electrons. The summed E-state index contributed by atoms with van der Waals surface area (Å²) in [6.07, 6.45) is 38.6. The number of esters is 2. The minimum absolute atomic E-state index is 0.00447. The second kappa shape index (κ2) is 42.0. The molecular weight excluding hydrogens is 659 g/mol. The van der Waals surface area contributed by atoms with Gasteiger partial charge in [-0.1, -0.05) is 182 Å². The Morgan fingerprint density at radius 2 is 0.736 bits per heavy atom. The van der Waals surface area contributed by atoms with Crippen LogP contribution in [0.2, 0.25) is 0 Å². The van der Waals surface area contributed by atoms with E-state index in [0.717, 1.165) is 58.2 Å². The molecule has 0 rings (SSSR count). The Bertz CT molecular complexity index is 685. The molecule has 6 nitrogen and oxygen atoms in total. The van der Waals surface area contributed by atoms with Crippen LogP contribution in [-0.2, 0) is 23.8 Å². The van der Waals surface area contributed by atoms with Crippen LogP contribution in [0.4, 0.5) is 0 Å². The van der Waals surface area contributed by atoms with E-state index in [0.29, 0.717) is 50.4 Å². The van der Waals surface area contributed by atoms with E-state index in [9.17, 15) is 9.59 Å². The number of carbonyl (C=O) groups excluding carboxylic acids is 2. The van der Waals surface area contributed by atoms with Gasteiger partial charge in [-0.2, -0.15) is 0 Å². The lowest BCUT2D eigenvalue weighted by molar-refractivity contribution is -0.145. The largest absolute Gasteiger partial charge is 0.466 e. The molecule has 0 fully saturated rings. The highest BCUT2D eigenvalue weighted by Crippen LogP contribution is 2.23. The van der Waals surface area contributed by atoms with Gasteiger partial charge in [-0.15, -0.1) is 0 Å². The van der Waals surface area contributed by atoms with Crippen molar-refractivity contribution in [1.29, 1.82) is 0 Å². The molecule has 0 aliphatic rings. The second-order valence-corrected chi connectivity index (χ2v) is 16.4. The molecule has 0 heterocycles. The zero-order valence-corrected chi connectivity index (χ0v) is 36.2. The van der Waals surface area contributed by atoms with Crippen molar-refractivity contribution in [3.8, 4) is 0 Å². The fourth-order valence-corrected chi connectivity index (χ4v) is 7.63. The van der Waals surface area contributed by atoms with E-state index in [-0.39, 0.29) is 11.9 Å². The van der Waals surface area contributed by atoms with Crippen LogP contribution in [0.3, 0.4) is 0 Å². The first-order chi connectivity index (χ1) is 26.0. The summed E-state index contributed by atoms with van der Waals surface area (Å²) in [6.45, 7) is 12.5. The van der Waals surface area contributed by atoms with E-state index in [1.165, 1.54) is 154 Å². The number of nitrogens with two attached hydrogens (primary N) is 1. The van der Waals surface area contributed by atoms with Gasteiger partial charge >= 0.3 is 11.9 Å². The first kappa shape index (κ1) is 51.9. The standard InChI is InChI=1S/C47H93NO5/c1-5-9-19-28-43(29-20-10-6-2)36-40-52-46(49)34-25-17-13-15-23-32-45(42-51-39-27-38-48)33-24-16-14-18-26-35-47(50)53-41-37-44(30-21-11-7-3)31-22-12-8-4/h43-45H,5-42,48H2,1-4H3. The minimum Gasteiger partial charge on any atom is -0.466 e. The average Bonchev–Trinajstić information content (AvgIpc) is 3.15. The maximum absolute atomic E-state index is 12.3. The van der Waals surface area contributed by atoms with Gasteiger partial charge in [0, 0.05) is 26.1 Å². The molecule has 6 heteroatoms. The molecule has 0 aliphatic heterocycles. The topological polar surface area (TPSA) is 87.9 Å². The zero-order chi connectivity index (χ0) is 38.9. The molecule has 316 valence electrons. The molecule has 0 aromatic heterocycles. The van der Waals surface area contributed by atoms with E-state index in [4.69, 9.17) is 19.9 Å². The van der Waals surface area contributed by atoms with Gasteiger partial charge in [0.15, 0.2) is 0 Å². The predicted octanol–water partition coefficient (Wildman–Crippen LogP) is 13.8. The van der Waals surface area contributed by atoms with Gasteiger partial charge in [-0.3, -0.25) is 9.59 Å². The van der Waals surface area contributed by atoms with Gasteiger partial charge in [-0.05, 0) is 69.2 Å². The van der Waals surface area contributed by atoms with Crippen molar-refractivity contribution in [3.63, 3.8) is 0 Å². The van der Waals surface area contributed by atoms with Crippen LogP contribution in [0.15, 0.2) is 0 Å². The third kappa shape index (κ3) is 37.6. The van der Waals surface area contributed by atoms with Crippen LogP contribution in [0, 0.1) is 17.8 Å². The Kier molecular flexibility index (Phi) is 41.1. The summed E-state index contributed by atoms with van der Waals surface area (Å²) in [5.41, 5.74) is 5.67. The zero-order valence-electron chi connectivity index (χ0n) is 36.2. The Balaban J connectivity index is 4.11. The molecule has 0 atom stereocenters. The van der Waals surface area contributed by atoms with E-state index < -0.39 is 0 Å². The van der Waals surface area contributed by atoms with Gasteiger partial charge in [0.1, 0.15) is 0 Å². The maximum atomic E-state index is 12.3. The molecule has 0 bridgehead atoms. The molecule has 0 aromatic rings. The summed E-state index contributed by atoms with van der Waals surface area (Å²) in [6, 6.07) is 0. The number of unbranched alkanes of at least 4 members (excludes halogenated alkanes) is 16. The minimum atomic E-state index is -0.00447. The van der Waals surface area contributed by atoms with Gasteiger partial charge < -0.3 is 19.9 Å². The number of hydrogen-bond acceptors (Lipinski definition) is 6. The van der Waals surface area contributed by atoms with Crippen LogP contribution >= 0.6 is 0 Å². The molecule has 2 N–H and O–H groups in total. The van der Waals surface area contributed by atoms with Crippen molar-refractivity contribution in [2.75, 3.05) is 33.0 Å². The van der Waals surface area contributed by atoms with Crippen LogP contribution in [-0.4, -0.2) is 44.9 Å². The lowest BCUT2D eigenvalue weighted by Crippen LogP contribution is -2.13. The molecule has 53 heavy (non-hydrogen) atoms. The van der Waals surface area contributed by atoms with E-state index in [1.807, 2.05) is 0 Å². The predicted molar refractivity (Wildman–Crippen MR) is 227 cm³/mol. The van der Waals surface area contributed by atoms with Crippen molar-refractivity contribution in [2.45, 2.75) is 240 Å². The lowest BCUT2D eigenvalue weighted by Gasteiger charge is -2.17. The van der Waals surface area contributed by atoms with E-state index >= 15 is 0 Å². The number of carbonyl (C=O) groups is 2. The molecule has 0 aromatic carbocycles. The smallest absolute Gasteiger partial charge is 0.305 e. The highest BCUT2D eigenvalue weighted by Gasteiger charge is 2.13. The first-order valence-electron chi connectivity index (χ1n) is 23.6. The Morgan fingerprint density at radius 1 is 0.396 bits per heavy atom. The summed E-state index contributed by atoms with van der Waals surface area (Å²) in [4.78, 5) is 24.7. The molecule has 0 amide bonds. The van der Waals surface area contributed by atoms with Crippen molar-refractivity contribution < 1.29 is 23.8 Å².